The second kappa shape index (κ2) is 7.68. The number of rotatable bonds is 4. The van der Waals surface area contributed by atoms with Gasteiger partial charge in [-0.15, -0.1) is 34.9 Å². The highest BCUT2D eigenvalue weighted by atomic mass is 32.2. The maximum Gasteiger partial charge on any atom is 0.276 e. The lowest BCUT2D eigenvalue weighted by Gasteiger charge is -2.21. The van der Waals surface area contributed by atoms with Gasteiger partial charge < -0.3 is 5.32 Å². The zero-order chi connectivity index (χ0) is 17.1. The van der Waals surface area contributed by atoms with Gasteiger partial charge in [-0.3, -0.25) is 9.89 Å². The third-order valence-corrected chi connectivity index (χ3v) is 7.76. The molecule has 0 aliphatic carbocycles. The van der Waals surface area contributed by atoms with E-state index in [9.17, 15) is 4.79 Å². The van der Waals surface area contributed by atoms with Crippen molar-refractivity contribution in [2.75, 3.05) is 16.8 Å². The van der Waals surface area contributed by atoms with E-state index in [1.807, 2.05) is 53.2 Å². The number of carbonyl (C=O) groups excluding carboxylic acids is 1. The Morgan fingerprint density at radius 1 is 1.16 bits per heavy atom. The minimum absolute atomic E-state index is 0.194. The highest BCUT2D eigenvalue weighted by molar-refractivity contribution is 8.16. The zero-order valence-electron chi connectivity index (χ0n) is 13.4. The van der Waals surface area contributed by atoms with Crippen LogP contribution in [0.2, 0.25) is 0 Å². The van der Waals surface area contributed by atoms with Crippen LogP contribution in [-0.4, -0.2) is 27.6 Å². The number of carbonyl (C=O) groups is 1. The number of nitrogens with one attached hydrogen (secondary N) is 2. The van der Waals surface area contributed by atoms with Crippen molar-refractivity contribution in [2.45, 2.75) is 11.0 Å². The standard InChI is InChI=1S/C18H17N3OS3/c22-17(15-11-14(20-21-15)16-6-2-7-23-16)19-13-5-1-4-12(10-13)18-24-8-3-9-25-18/h1-2,4-7,10-11,18H,3,8-9H2,(H,19,22)(H,20,21). The summed E-state index contributed by atoms with van der Waals surface area (Å²) in [6.07, 6.45) is 1.27. The van der Waals surface area contributed by atoms with Crippen LogP contribution < -0.4 is 5.32 Å². The van der Waals surface area contributed by atoms with Gasteiger partial charge in [0.2, 0.25) is 0 Å². The number of aromatic nitrogens is 2. The molecule has 1 aromatic carbocycles. The smallest absolute Gasteiger partial charge is 0.276 e. The Balaban J connectivity index is 1.47. The van der Waals surface area contributed by atoms with Crippen LogP contribution in [0.15, 0.2) is 47.8 Å². The molecule has 25 heavy (non-hydrogen) atoms. The number of amides is 1. The average Bonchev–Trinajstić information content (AvgIpc) is 3.34. The zero-order valence-corrected chi connectivity index (χ0v) is 15.8. The quantitative estimate of drug-likeness (QED) is 0.641. The molecule has 1 saturated heterocycles. The Hall–Kier alpha value is -1.70. The minimum atomic E-state index is -0.194. The van der Waals surface area contributed by atoms with Crippen LogP contribution in [-0.2, 0) is 0 Å². The maximum absolute atomic E-state index is 12.5. The molecule has 3 aromatic rings. The van der Waals surface area contributed by atoms with Gasteiger partial charge >= 0.3 is 0 Å². The fourth-order valence-electron chi connectivity index (χ4n) is 2.63. The van der Waals surface area contributed by atoms with E-state index in [0.717, 1.165) is 16.3 Å². The molecular weight excluding hydrogens is 370 g/mol. The molecule has 1 fully saturated rings. The fourth-order valence-corrected chi connectivity index (χ4v) is 6.20. The minimum Gasteiger partial charge on any atom is -0.321 e. The molecule has 0 radical (unpaired) electrons. The second-order valence-electron chi connectivity index (χ2n) is 5.65. The lowest BCUT2D eigenvalue weighted by Crippen LogP contribution is -2.12. The monoisotopic (exact) mass is 387 g/mol. The van der Waals surface area contributed by atoms with Crippen molar-refractivity contribution >= 4 is 46.5 Å². The van der Waals surface area contributed by atoms with Crippen LogP contribution >= 0.6 is 34.9 Å². The van der Waals surface area contributed by atoms with Gasteiger partial charge in [0.25, 0.3) is 5.91 Å². The van der Waals surface area contributed by atoms with Crippen molar-refractivity contribution in [1.29, 1.82) is 0 Å². The second-order valence-corrected chi connectivity index (χ2v) is 9.32. The molecule has 0 unspecified atom stereocenters. The Labute approximate surface area is 158 Å². The molecule has 0 spiro atoms. The van der Waals surface area contributed by atoms with E-state index >= 15 is 0 Å². The molecule has 1 amide bonds. The maximum atomic E-state index is 12.5. The first kappa shape index (κ1) is 16.8. The van der Waals surface area contributed by atoms with Gasteiger partial charge in [-0.05, 0) is 53.1 Å². The summed E-state index contributed by atoms with van der Waals surface area (Å²) in [5.41, 5.74) is 3.34. The van der Waals surface area contributed by atoms with Crippen LogP contribution in [0.3, 0.4) is 0 Å². The summed E-state index contributed by atoms with van der Waals surface area (Å²) in [6.45, 7) is 0. The Kier molecular flexibility index (Phi) is 5.14. The van der Waals surface area contributed by atoms with Crippen molar-refractivity contribution in [3.8, 4) is 10.6 Å². The first-order valence-electron chi connectivity index (χ1n) is 8.03. The molecule has 128 valence electrons. The molecule has 3 heterocycles. The van der Waals surface area contributed by atoms with Crippen molar-refractivity contribution in [1.82, 2.24) is 10.2 Å². The van der Waals surface area contributed by atoms with E-state index in [1.165, 1.54) is 23.5 Å². The van der Waals surface area contributed by atoms with Crippen molar-refractivity contribution < 1.29 is 4.79 Å². The first-order chi connectivity index (χ1) is 12.3. The largest absolute Gasteiger partial charge is 0.321 e. The number of hydrogen-bond donors (Lipinski definition) is 2. The summed E-state index contributed by atoms with van der Waals surface area (Å²) in [7, 11) is 0. The van der Waals surface area contributed by atoms with Gasteiger partial charge in [-0.1, -0.05) is 18.2 Å². The number of thiophene rings is 1. The lowest BCUT2D eigenvalue weighted by atomic mass is 10.2. The Morgan fingerprint density at radius 3 is 2.84 bits per heavy atom. The van der Waals surface area contributed by atoms with Crippen molar-refractivity contribution in [2.24, 2.45) is 0 Å². The van der Waals surface area contributed by atoms with E-state index in [0.29, 0.717) is 10.3 Å². The summed E-state index contributed by atoms with van der Waals surface area (Å²) >= 11 is 5.57. The van der Waals surface area contributed by atoms with Gasteiger partial charge in [-0.2, -0.15) is 5.10 Å². The molecule has 1 aliphatic rings. The Bertz CT molecular complexity index is 854. The molecule has 0 bridgehead atoms. The van der Waals surface area contributed by atoms with Crippen LogP contribution in [0, 0.1) is 0 Å². The van der Waals surface area contributed by atoms with Crippen LogP contribution in [0.5, 0.6) is 0 Å². The van der Waals surface area contributed by atoms with E-state index in [2.05, 4.69) is 27.6 Å². The number of anilines is 1. The fraction of sp³-hybridized carbons (Fsp3) is 0.222. The summed E-state index contributed by atoms with van der Waals surface area (Å²) in [5, 5.41) is 12.0. The van der Waals surface area contributed by atoms with E-state index in [4.69, 9.17) is 0 Å². The van der Waals surface area contributed by atoms with Gasteiger partial charge in [0.05, 0.1) is 15.2 Å². The molecule has 0 atom stereocenters. The van der Waals surface area contributed by atoms with Crippen molar-refractivity contribution in [3.05, 3.63) is 59.1 Å². The van der Waals surface area contributed by atoms with Gasteiger partial charge in [0.1, 0.15) is 0 Å². The first-order valence-corrected chi connectivity index (χ1v) is 11.0. The van der Waals surface area contributed by atoms with Gasteiger partial charge in [-0.25, -0.2) is 0 Å². The number of nitrogens with zero attached hydrogens (tertiary/aromatic N) is 1. The predicted molar refractivity (Wildman–Crippen MR) is 109 cm³/mol. The number of thioether (sulfide) groups is 2. The van der Waals surface area contributed by atoms with Crippen molar-refractivity contribution in [3.63, 3.8) is 0 Å². The molecule has 7 heteroatoms. The summed E-state index contributed by atoms with van der Waals surface area (Å²) in [6, 6.07) is 13.9. The van der Waals surface area contributed by atoms with Crippen LogP contribution in [0.4, 0.5) is 5.69 Å². The number of hydrogen-bond acceptors (Lipinski definition) is 5. The molecular formula is C18H17N3OS3. The average molecular weight is 388 g/mol. The topological polar surface area (TPSA) is 57.8 Å². The molecule has 2 N–H and O–H groups in total. The summed E-state index contributed by atoms with van der Waals surface area (Å²) < 4.78 is 0.460. The lowest BCUT2D eigenvalue weighted by molar-refractivity contribution is 0.102. The Morgan fingerprint density at radius 2 is 2.04 bits per heavy atom. The highest BCUT2D eigenvalue weighted by Crippen LogP contribution is 2.44. The molecule has 4 nitrogen and oxygen atoms in total. The predicted octanol–water partition coefficient (Wildman–Crippen LogP) is 5.26. The molecule has 2 aromatic heterocycles. The molecule has 1 aliphatic heterocycles. The highest BCUT2D eigenvalue weighted by Gasteiger charge is 2.17. The summed E-state index contributed by atoms with van der Waals surface area (Å²) in [5.74, 6) is 2.21. The van der Waals surface area contributed by atoms with Gasteiger partial charge in [0.15, 0.2) is 5.69 Å². The van der Waals surface area contributed by atoms with E-state index in [-0.39, 0.29) is 5.91 Å². The molecule has 4 rings (SSSR count). The van der Waals surface area contributed by atoms with E-state index in [1.54, 1.807) is 17.4 Å². The number of aromatic amines is 1. The number of benzene rings is 1. The third-order valence-electron chi connectivity index (χ3n) is 3.84. The summed E-state index contributed by atoms with van der Waals surface area (Å²) in [4.78, 5) is 13.6. The number of H-pyrrole nitrogens is 1. The normalized spacial score (nSPS) is 15.2. The molecule has 0 saturated carbocycles. The van der Waals surface area contributed by atoms with E-state index < -0.39 is 0 Å². The third kappa shape index (κ3) is 3.94. The van der Waals surface area contributed by atoms with Crippen LogP contribution in [0.25, 0.3) is 10.6 Å². The SMILES string of the molecule is O=C(Nc1cccc(C2SCCCS2)c1)c1cc(-c2cccs2)[nH]n1. The van der Waals surface area contributed by atoms with Gasteiger partial charge in [0, 0.05) is 5.69 Å². The van der Waals surface area contributed by atoms with Crippen LogP contribution in [0.1, 0.15) is 27.1 Å².